The van der Waals surface area contributed by atoms with Crippen LogP contribution >= 0.6 is 0 Å². The van der Waals surface area contributed by atoms with E-state index in [1.54, 1.807) is 13.4 Å². The molecule has 1 atom stereocenters. The van der Waals surface area contributed by atoms with Crippen molar-refractivity contribution in [3.05, 3.63) is 47.9 Å². The predicted molar refractivity (Wildman–Crippen MR) is 78.1 cm³/mol. The predicted octanol–water partition coefficient (Wildman–Crippen LogP) is 3.54. The number of nitrogens with one attached hydrogen (secondary N) is 1. The van der Waals surface area contributed by atoms with Crippen molar-refractivity contribution >= 4 is 0 Å². The van der Waals surface area contributed by atoms with Crippen molar-refractivity contribution in [2.45, 2.75) is 26.4 Å². The molecule has 1 N–H and O–H groups in total. The van der Waals surface area contributed by atoms with Crippen LogP contribution in [0.1, 0.15) is 31.2 Å². The van der Waals surface area contributed by atoms with Gasteiger partial charge in [0.2, 0.25) is 0 Å². The highest BCUT2D eigenvalue weighted by molar-refractivity contribution is 5.42. The molecule has 0 unspecified atom stereocenters. The van der Waals surface area contributed by atoms with Gasteiger partial charge in [-0.2, -0.15) is 0 Å². The summed E-state index contributed by atoms with van der Waals surface area (Å²) in [5.41, 5.74) is 1.15. The van der Waals surface area contributed by atoms with Crippen LogP contribution in [0.3, 0.4) is 0 Å². The molecule has 2 rings (SSSR count). The maximum absolute atomic E-state index is 5.58. The minimum Gasteiger partial charge on any atom is -0.493 e. The van der Waals surface area contributed by atoms with Gasteiger partial charge in [0, 0.05) is 6.54 Å². The van der Waals surface area contributed by atoms with Gasteiger partial charge in [-0.1, -0.05) is 6.07 Å². The molecule has 1 heterocycles. The summed E-state index contributed by atoms with van der Waals surface area (Å²) in [6.45, 7) is 5.40. The average molecular weight is 275 g/mol. The van der Waals surface area contributed by atoms with Gasteiger partial charge >= 0.3 is 0 Å². The van der Waals surface area contributed by atoms with E-state index in [4.69, 9.17) is 13.9 Å². The Balaban J connectivity index is 2.00. The van der Waals surface area contributed by atoms with Gasteiger partial charge in [0.1, 0.15) is 5.76 Å². The molecule has 0 fully saturated rings. The van der Waals surface area contributed by atoms with Gasteiger partial charge in [-0.25, -0.2) is 0 Å². The number of methoxy groups -OCH3 is 1. The van der Waals surface area contributed by atoms with E-state index in [2.05, 4.69) is 12.2 Å². The van der Waals surface area contributed by atoms with Crippen molar-refractivity contribution in [1.82, 2.24) is 5.32 Å². The fraction of sp³-hybridized carbons (Fsp3) is 0.375. The van der Waals surface area contributed by atoms with Gasteiger partial charge in [0.15, 0.2) is 11.5 Å². The number of ether oxygens (including phenoxy) is 2. The summed E-state index contributed by atoms with van der Waals surface area (Å²) in [5, 5.41) is 3.42. The number of hydrogen-bond acceptors (Lipinski definition) is 4. The zero-order chi connectivity index (χ0) is 14.4. The molecule has 108 valence electrons. The Morgan fingerprint density at radius 1 is 1.25 bits per heavy atom. The molecule has 0 spiro atoms. The monoisotopic (exact) mass is 275 g/mol. The molecule has 0 saturated heterocycles. The molecule has 20 heavy (non-hydrogen) atoms. The largest absolute Gasteiger partial charge is 0.493 e. The molecular formula is C16H21NO3. The highest BCUT2D eigenvalue weighted by Crippen LogP contribution is 2.28. The molecule has 1 aromatic heterocycles. The molecule has 0 aliphatic heterocycles. The second kappa shape index (κ2) is 7.01. The van der Waals surface area contributed by atoms with E-state index in [9.17, 15) is 0 Å². The van der Waals surface area contributed by atoms with Crippen molar-refractivity contribution in [2.75, 3.05) is 13.7 Å². The van der Waals surface area contributed by atoms with Crippen LogP contribution in [0, 0.1) is 0 Å². The smallest absolute Gasteiger partial charge is 0.161 e. The molecule has 0 aliphatic rings. The molecule has 0 saturated carbocycles. The third kappa shape index (κ3) is 3.54. The maximum Gasteiger partial charge on any atom is 0.161 e. The highest BCUT2D eigenvalue weighted by atomic mass is 16.5. The fourth-order valence-electron chi connectivity index (χ4n) is 2.01. The number of benzene rings is 1. The molecular weight excluding hydrogens is 254 g/mol. The van der Waals surface area contributed by atoms with Crippen molar-refractivity contribution in [3.8, 4) is 11.5 Å². The first kappa shape index (κ1) is 14.5. The van der Waals surface area contributed by atoms with Gasteiger partial charge in [-0.05, 0) is 43.7 Å². The zero-order valence-electron chi connectivity index (χ0n) is 12.2. The van der Waals surface area contributed by atoms with E-state index in [0.717, 1.165) is 29.4 Å². The van der Waals surface area contributed by atoms with Gasteiger partial charge in [-0.15, -0.1) is 0 Å². The Morgan fingerprint density at radius 2 is 2.10 bits per heavy atom. The van der Waals surface area contributed by atoms with Crippen LogP contribution in [0.2, 0.25) is 0 Å². The van der Waals surface area contributed by atoms with E-state index < -0.39 is 0 Å². The highest BCUT2D eigenvalue weighted by Gasteiger charge is 2.09. The second-order valence-corrected chi connectivity index (χ2v) is 4.54. The average Bonchev–Trinajstić information content (AvgIpc) is 2.99. The van der Waals surface area contributed by atoms with Crippen molar-refractivity contribution < 1.29 is 13.9 Å². The lowest BCUT2D eigenvalue weighted by Gasteiger charge is -2.14. The molecule has 0 bridgehead atoms. The summed E-state index contributed by atoms with van der Waals surface area (Å²) in [6, 6.07) is 10.0. The quantitative estimate of drug-likeness (QED) is 0.839. The number of hydrogen-bond donors (Lipinski definition) is 1. The summed E-state index contributed by atoms with van der Waals surface area (Å²) in [4.78, 5) is 0. The van der Waals surface area contributed by atoms with Crippen LogP contribution in [-0.4, -0.2) is 13.7 Å². The SMILES string of the molecule is CCOc1cc(CN[C@@H](C)c2ccco2)ccc1OC. The minimum atomic E-state index is 0.169. The zero-order valence-corrected chi connectivity index (χ0v) is 12.2. The third-order valence-corrected chi connectivity index (χ3v) is 3.11. The van der Waals surface area contributed by atoms with E-state index in [0.29, 0.717) is 6.61 Å². The Labute approximate surface area is 119 Å². The summed E-state index contributed by atoms with van der Waals surface area (Å²) in [6.07, 6.45) is 1.69. The van der Waals surface area contributed by atoms with Gasteiger partial charge < -0.3 is 19.2 Å². The standard InChI is InChI=1S/C16H21NO3/c1-4-19-16-10-13(7-8-15(16)18-3)11-17-12(2)14-6-5-9-20-14/h5-10,12,17H,4,11H2,1-3H3/t12-/m0/s1. The lowest BCUT2D eigenvalue weighted by molar-refractivity contribution is 0.310. The molecule has 2 aromatic rings. The first-order valence-corrected chi connectivity index (χ1v) is 6.81. The molecule has 4 heteroatoms. The van der Waals surface area contributed by atoms with E-state index in [-0.39, 0.29) is 6.04 Å². The lowest BCUT2D eigenvalue weighted by atomic mass is 10.1. The van der Waals surface area contributed by atoms with Crippen molar-refractivity contribution in [1.29, 1.82) is 0 Å². The fourth-order valence-corrected chi connectivity index (χ4v) is 2.01. The molecule has 0 aliphatic carbocycles. The first-order chi connectivity index (χ1) is 9.74. The summed E-state index contributed by atoms with van der Waals surface area (Å²) in [7, 11) is 1.65. The van der Waals surface area contributed by atoms with Crippen LogP contribution < -0.4 is 14.8 Å². The summed E-state index contributed by atoms with van der Waals surface area (Å²) < 4.78 is 16.2. The Hall–Kier alpha value is -1.94. The minimum absolute atomic E-state index is 0.169. The Bertz CT molecular complexity index is 523. The third-order valence-electron chi connectivity index (χ3n) is 3.11. The summed E-state index contributed by atoms with van der Waals surface area (Å²) in [5.74, 6) is 2.47. The lowest BCUT2D eigenvalue weighted by Crippen LogP contribution is -2.17. The van der Waals surface area contributed by atoms with Gasteiger partial charge in [-0.3, -0.25) is 0 Å². The van der Waals surface area contributed by atoms with Crippen LogP contribution in [0.5, 0.6) is 11.5 Å². The number of furan rings is 1. The van der Waals surface area contributed by atoms with E-state index in [1.807, 2.05) is 37.3 Å². The van der Waals surface area contributed by atoms with Gasteiger partial charge in [0.05, 0.1) is 26.0 Å². The van der Waals surface area contributed by atoms with Crippen LogP contribution in [0.15, 0.2) is 41.0 Å². The molecule has 0 radical (unpaired) electrons. The first-order valence-electron chi connectivity index (χ1n) is 6.81. The normalized spacial score (nSPS) is 12.2. The van der Waals surface area contributed by atoms with Crippen LogP contribution in [0.25, 0.3) is 0 Å². The Morgan fingerprint density at radius 3 is 2.75 bits per heavy atom. The van der Waals surface area contributed by atoms with Crippen molar-refractivity contribution in [3.63, 3.8) is 0 Å². The van der Waals surface area contributed by atoms with Crippen LogP contribution in [0.4, 0.5) is 0 Å². The van der Waals surface area contributed by atoms with Crippen LogP contribution in [-0.2, 0) is 6.54 Å². The topological polar surface area (TPSA) is 43.6 Å². The van der Waals surface area contributed by atoms with Gasteiger partial charge in [0.25, 0.3) is 0 Å². The Kier molecular flexibility index (Phi) is 5.07. The van der Waals surface area contributed by atoms with E-state index >= 15 is 0 Å². The molecule has 0 amide bonds. The number of rotatable bonds is 7. The molecule has 1 aromatic carbocycles. The summed E-state index contributed by atoms with van der Waals surface area (Å²) >= 11 is 0. The second-order valence-electron chi connectivity index (χ2n) is 4.54. The maximum atomic E-state index is 5.58. The van der Waals surface area contributed by atoms with E-state index in [1.165, 1.54) is 0 Å². The van der Waals surface area contributed by atoms with Crippen molar-refractivity contribution in [2.24, 2.45) is 0 Å². The molecule has 4 nitrogen and oxygen atoms in total.